The van der Waals surface area contributed by atoms with Gasteiger partial charge >= 0.3 is 0 Å². The molecule has 0 fully saturated rings. The second-order valence-electron chi connectivity index (χ2n) is 7.98. The van der Waals surface area contributed by atoms with E-state index in [2.05, 4.69) is 0 Å². The van der Waals surface area contributed by atoms with Crippen molar-refractivity contribution in [2.75, 3.05) is 15.7 Å². The Morgan fingerprint density at radius 1 is 1.00 bits per heavy atom. The monoisotopic (exact) mass is 421 g/mol. The SMILES string of the molecule is C[C@H]1Cc2ccccc2N1C(=O)c1cc(S(=O)(=O)N2CCc3ccccc32)cn1C. The van der Waals surface area contributed by atoms with E-state index in [4.69, 9.17) is 0 Å². The number of para-hydroxylation sites is 2. The number of fused-ring (bicyclic) bond motifs is 2. The van der Waals surface area contributed by atoms with Crippen molar-refractivity contribution in [1.29, 1.82) is 0 Å². The van der Waals surface area contributed by atoms with Crippen LogP contribution in [-0.4, -0.2) is 31.5 Å². The summed E-state index contributed by atoms with van der Waals surface area (Å²) in [6.45, 7) is 2.43. The average molecular weight is 422 g/mol. The first-order chi connectivity index (χ1) is 14.4. The highest BCUT2D eigenvalue weighted by Crippen LogP contribution is 2.35. The van der Waals surface area contributed by atoms with Gasteiger partial charge in [-0.15, -0.1) is 0 Å². The van der Waals surface area contributed by atoms with E-state index in [1.807, 2.05) is 55.5 Å². The lowest BCUT2D eigenvalue weighted by atomic mass is 10.1. The highest BCUT2D eigenvalue weighted by molar-refractivity contribution is 7.92. The summed E-state index contributed by atoms with van der Waals surface area (Å²) in [5.74, 6) is -0.182. The zero-order chi connectivity index (χ0) is 21.0. The van der Waals surface area contributed by atoms with Crippen LogP contribution in [-0.2, 0) is 29.9 Å². The van der Waals surface area contributed by atoms with E-state index in [0.717, 1.165) is 28.9 Å². The Balaban J connectivity index is 1.51. The highest BCUT2D eigenvalue weighted by Gasteiger charge is 2.35. The van der Waals surface area contributed by atoms with Gasteiger partial charge in [-0.1, -0.05) is 36.4 Å². The molecule has 0 saturated heterocycles. The smallest absolute Gasteiger partial charge is 0.275 e. The Bertz CT molecular complexity index is 1260. The molecule has 0 radical (unpaired) electrons. The zero-order valence-electron chi connectivity index (χ0n) is 16.9. The van der Waals surface area contributed by atoms with Crippen molar-refractivity contribution in [2.45, 2.75) is 30.7 Å². The molecule has 2 aromatic carbocycles. The van der Waals surface area contributed by atoms with Gasteiger partial charge in [0.1, 0.15) is 10.6 Å². The third-order valence-electron chi connectivity index (χ3n) is 6.06. The summed E-state index contributed by atoms with van der Waals surface area (Å²) in [6.07, 6.45) is 3.02. The first kappa shape index (κ1) is 18.9. The number of carbonyl (C=O) groups is 1. The maximum Gasteiger partial charge on any atom is 0.275 e. The topological polar surface area (TPSA) is 62.6 Å². The van der Waals surface area contributed by atoms with Crippen LogP contribution in [0.25, 0.3) is 0 Å². The number of carbonyl (C=O) groups excluding carboxylic acids is 1. The standard InChI is InChI=1S/C23H23N3O3S/c1-16-13-18-8-4-6-10-21(18)26(16)23(27)22-14-19(15-24(22)2)30(28,29)25-12-11-17-7-3-5-9-20(17)25/h3-10,14-16H,11-13H2,1-2H3/t16-/m0/s1. The first-order valence-electron chi connectivity index (χ1n) is 10.1. The van der Waals surface area contributed by atoms with Crippen LogP contribution >= 0.6 is 0 Å². The number of aromatic nitrogens is 1. The number of hydrogen-bond donors (Lipinski definition) is 0. The molecule has 3 heterocycles. The fourth-order valence-corrected chi connectivity index (χ4v) is 6.15. The van der Waals surface area contributed by atoms with E-state index in [-0.39, 0.29) is 16.8 Å². The van der Waals surface area contributed by atoms with Gasteiger partial charge in [-0.3, -0.25) is 9.10 Å². The summed E-state index contributed by atoms with van der Waals surface area (Å²) in [7, 11) is -2.02. The molecule has 0 spiro atoms. The van der Waals surface area contributed by atoms with Crippen LogP contribution in [0.15, 0.2) is 65.7 Å². The quantitative estimate of drug-likeness (QED) is 0.651. The molecule has 0 N–H and O–H groups in total. The minimum absolute atomic E-state index is 0.0234. The van der Waals surface area contributed by atoms with Crippen molar-refractivity contribution >= 4 is 27.3 Å². The number of amides is 1. The summed E-state index contributed by atoms with van der Waals surface area (Å²) >= 11 is 0. The summed E-state index contributed by atoms with van der Waals surface area (Å²) in [5.41, 5.74) is 4.14. The van der Waals surface area contributed by atoms with E-state index in [0.29, 0.717) is 18.7 Å². The van der Waals surface area contributed by atoms with Crippen molar-refractivity contribution in [1.82, 2.24) is 4.57 Å². The summed E-state index contributed by atoms with van der Waals surface area (Å²) in [5, 5.41) is 0. The van der Waals surface area contributed by atoms with Gasteiger partial charge in [-0.05, 0) is 49.1 Å². The fourth-order valence-electron chi connectivity index (χ4n) is 4.57. The number of hydrogen-bond acceptors (Lipinski definition) is 3. The third kappa shape index (κ3) is 2.76. The van der Waals surface area contributed by atoms with Gasteiger partial charge in [0.2, 0.25) is 0 Å². The number of aryl methyl sites for hydroxylation is 1. The first-order valence-corrected chi connectivity index (χ1v) is 11.5. The number of nitrogens with zero attached hydrogens (tertiary/aromatic N) is 3. The predicted octanol–water partition coefficient (Wildman–Crippen LogP) is 3.37. The van der Waals surface area contributed by atoms with E-state index >= 15 is 0 Å². The van der Waals surface area contributed by atoms with Crippen LogP contribution in [0.2, 0.25) is 0 Å². The molecule has 6 nitrogen and oxygen atoms in total. The summed E-state index contributed by atoms with van der Waals surface area (Å²) < 4.78 is 29.8. The van der Waals surface area contributed by atoms with Gasteiger partial charge < -0.3 is 9.47 Å². The summed E-state index contributed by atoms with van der Waals surface area (Å²) in [4.78, 5) is 15.3. The normalized spacial score (nSPS) is 17.9. The van der Waals surface area contributed by atoms with Gasteiger partial charge in [0, 0.05) is 31.5 Å². The molecule has 30 heavy (non-hydrogen) atoms. The lowest BCUT2D eigenvalue weighted by Crippen LogP contribution is -2.36. The van der Waals surface area contributed by atoms with Crippen molar-refractivity contribution in [3.63, 3.8) is 0 Å². The van der Waals surface area contributed by atoms with Crippen LogP contribution in [0.1, 0.15) is 28.5 Å². The van der Waals surface area contributed by atoms with Gasteiger partial charge in [-0.25, -0.2) is 8.42 Å². The lowest BCUT2D eigenvalue weighted by molar-refractivity contribution is 0.0973. The maximum atomic E-state index is 13.4. The van der Waals surface area contributed by atoms with E-state index in [9.17, 15) is 13.2 Å². The molecule has 0 saturated carbocycles. The molecule has 1 amide bonds. The molecule has 0 aliphatic carbocycles. The van der Waals surface area contributed by atoms with Gasteiger partial charge in [-0.2, -0.15) is 0 Å². The van der Waals surface area contributed by atoms with Gasteiger partial charge in [0.25, 0.3) is 15.9 Å². The molecule has 0 bridgehead atoms. The van der Waals surface area contributed by atoms with Crippen molar-refractivity contribution in [2.24, 2.45) is 7.05 Å². The second-order valence-corrected chi connectivity index (χ2v) is 9.85. The molecule has 154 valence electrons. The Kier molecular flexibility index (Phi) is 4.25. The predicted molar refractivity (Wildman–Crippen MR) is 117 cm³/mol. The molecule has 2 aliphatic rings. The Labute approximate surface area is 176 Å². The van der Waals surface area contributed by atoms with E-state index < -0.39 is 10.0 Å². The lowest BCUT2D eigenvalue weighted by Gasteiger charge is -2.22. The van der Waals surface area contributed by atoms with Crippen LogP contribution in [0, 0.1) is 0 Å². The Morgan fingerprint density at radius 2 is 1.67 bits per heavy atom. The average Bonchev–Trinajstić information content (AvgIpc) is 3.41. The minimum Gasteiger partial charge on any atom is -0.345 e. The van der Waals surface area contributed by atoms with Crippen LogP contribution in [0.3, 0.4) is 0 Å². The number of benzene rings is 2. The van der Waals surface area contributed by atoms with Crippen molar-refractivity contribution in [3.8, 4) is 0 Å². The molecule has 3 aromatic rings. The molecular formula is C23H23N3O3S. The summed E-state index contributed by atoms with van der Waals surface area (Å²) in [6, 6.07) is 16.9. The molecule has 1 atom stereocenters. The highest BCUT2D eigenvalue weighted by atomic mass is 32.2. The number of anilines is 2. The minimum atomic E-state index is -3.74. The molecule has 0 unspecified atom stereocenters. The van der Waals surface area contributed by atoms with Crippen LogP contribution < -0.4 is 9.21 Å². The Morgan fingerprint density at radius 3 is 2.43 bits per heavy atom. The van der Waals surface area contributed by atoms with Gasteiger partial charge in [0.05, 0.1) is 5.69 Å². The van der Waals surface area contributed by atoms with E-state index in [1.54, 1.807) is 16.5 Å². The van der Waals surface area contributed by atoms with E-state index in [1.165, 1.54) is 16.6 Å². The van der Waals surface area contributed by atoms with Crippen molar-refractivity contribution in [3.05, 3.63) is 77.6 Å². The Hall–Kier alpha value is -3.06. The fraction of sp³-hybridized carbons (Fsp3) is 0.261. The number of rotatable bonds is 3. The third-order valence-corrected chi connectivity index (χ3v) is 7.84. The molecular weight excluding hydrogens is 398 g/mol. The van der Waals surface area contributed by atoms with Crippen molar-refractivity contribution < 1.29 is 13.2 Å². The molecule has 1 aromatic heterocycles. The molecule has 7 heteroatoms. The van der Waals surface area contributed by atoms with Crippen LogP contribution in [0.5, 0.6) is 0 Å². The number of sulfonamides is 1. The van der Waals surface area contributed by atoms with Crippen LogP contribution in [0.4, 0.5) is 11.4 Å². The van der Waals surface area contributed by atoms with Gasteiger partial charge in [0.15, 0.2) is 0 Å². The second kappa shape index (κ2) is 6.74. The maximum absolute atomic E-state index is 13.4. The zero-order valence-corrected chi connectivity index (χ0v) is 17.8. The molecule has 5 rings (SSSR count). The molecule has 2 aliphatic heterocycles. The largest absolute Gasteiger partial charge is 0.345 e.